The molecule has 1 heterocycles. The Morgan fingerprint density at radius 1 is 1.45 bits per heavy atom. The standard InChI is InChI=1S/C15H23N3O2/c1-18(2)15(20)14-8-13(6-7-16-14)17-9-11-4-3-5-12(11)10-19/h6-8,11-12,19H,3-5,9-10H2,1-2H3,(H,16,17). The highest BCUT2D eigenvalue weighted by atomic mass is 16.3. The van der Waals surface area contributed by atoms with Crippen LogP contribution >= 0.6 is 0 Å². The summed E-state index contributed by atoms with van der Waals surface area (Å²) in [6.45, 7) is 1.11. The fraction of sp³-hybridized carbons (Fsp3) is 0.600. The van der Waals surface area contributed by atoms with E-state index in [1.165, 1.54) is 11.3 Å². The Labute approximate surface area is 120 Å². The maximum absolute atomic E-state index is 11.9. The predicted octanol–water partition coefficient (Wildman–Crippen LogP) is 1.60. The minimum Gasteiger partial charge on any atom is -0.396 e. The van der Waals surface area contributed by atoms with Gasteiger partial charge in [0.1, 0.15) is 5.69 Å². The number of carbonyl (C=O) groups is 1. The lowest BCUT2D eigenvalue weighted by molar-refractivity contribution is 0.0822. The van der Waals surface area contributed by atoms with Crippen LogP contribution in [0.5, 0.6) is 0 Å². The predicted molar refractivity (Wildman–Crippen MR) is 78.7 cm³/mol. The quantitative estimate of drug-likeness (QED) is 0.858. The number of aliphatic hydroxyl groups is 1. The highest BCUT2D eigenvalue weighted by Gasteiger charge is 2.26. The Balaban J connectivity index is 1.96. The van der Waals surface area contributed by atoms with E-state index >= 15 is 0 Å². The molecule has 1 amide bonds. The molecule has 1 aromatic heterocycles. The molecule has 0 radical (unpaired) electrons. The summed E-state index contributed by atoms with van der Waals surface area (Å²) >= 11 is 0. The molecule has 1 fully saturated rings. The summed E-state index contributed by atoms with van der Waals surface area (Å²) in [5, 5.41) is 12.7. The molecule has 0 saturated heterocycles. The minimum absolute atomic E-state index is 0.0947. The van der Waals surface area contributed by atoms with E-state index in [0.717, 1.165) is 25.1 Å². The third-order valence-electron chi connectivity index (χ3n) is 4.00. The van der Waals surface area contributed by atoms with Crippen molar-refractivity contribution in [3.05, 3.63) is 24.0 Å². The number of carbonyl (C=O) groups excluding carboxylic acids is 1. The number of anilines is 1. The summed E-state index contributed by atoms with van der Waals surface area (Å²) in [5.74, 6) is 0.830. The maximum Gasteiger partial charge on any atom is 0.272 e. The topological polar surface area (TPSA) is 65.5 Å². The van der Waals surface area contributed by atoms with Crippen molar-refractivity contribution in [3.8, 4) is 0 Å². The Kier molecular flexibility index (Phi) is 4.95. The van der Waals surface area contributed by atoms with Crippen LogP contribution in [0.25, 0.3) is 0 Å². The highest BCUT2D eigenvalue weighted by Crippen LogP contribution is 2.31. The molecule has 2 N–H and O–H groups in total. The first kappa shape index (κ1) is 14.8. The Morgan fingerprint density at radius 2 is 2.20 bits per heavy atom. The molecule has 1 aliphatic rings. The zero-order valence-electron chi connectivity index (χ0n) is 12.2. The largest absolute Gasteiger partial charge is 0.396 e. The number of hydrogen-bond acceptors (Lipinski definition) is 4. The van der Waals surface area contributed by atoms with Crippen molar-refractivity contribution < 1.29 is 9.90 Å². The van der Waals surface area contributed by atoms with Crippen LogP contribution in [-0.2, 0) is 0 Å². The lowest BCUT2D eigenvalue weighted by atomic mass is 9.97. The molecule has 2 rings (SSSR count). The first-order valence-corrected chi connectivity index (χ1v) is 7.14. The van der Waals surface area contributed by atoms with E-state index in [9.17, 15) is 9.90 Å². The van der Waals surface area contributed by atoms with Gasteiger partial charge in [-0.05, 0) is 36.8 Å². The zero-order chi connectivity index (χ0) is 14.5. The number of aromatic nitrogens is 1. The molecule has 0 bridgehead atoms. The molecule has 110 valence electrons. The van der Waals surface area contributed by atoms with Crippen LogP contribution in [0.15, 0.2) is 18.3 Å². The second kappa shape index (κ2) is 6.70. The molecule has 0 aromatic carbocycles. The van der Waals surface area contributed by atoms with Crippen molar-refractivity contribution in [1.29, 1.82) is 0 Å². The van der Waals surface area contributed by atoms with E-state index in [0.29, 0.717) is 17.5 Å². The van der Waals surface area contributed by atoms with E-state index in [1.54, 1.807) is 26.4 Å². The van der Waals surface area contributed by atoms with Gasteiger partial charge in [0.25, 0.3) is 5.91 Å². The van der Waals surface area contributed by atoms with Crippen LogP contribution in [0.3, 0.4) is 0 Å². The summed E-state index contributed by atoms with van der Waals surface area (Å²) in [4.78, 5) is 17.5. The molecule has 1 aromatic rings. The highest BCUT2D eigenvalue weighted by molar-refractivity contribution is 5.92. The van der Waals surface area contributed by atoms with Crippen molar-refractivity contribution >= 4 is 11.6 Å². The van der Waals surface area contributed by atoms with Crippen molar-refractivity contribution in [3.63, 3.8) is 0 Å². The van der Waals surface area contributed by atoms with E-state index in [-0.39, 0.29) is 12.5 Å². The Bertz CT molecular complexity index is 462. The maximum atomic E-state index is 11.9. The number of aliphatic hydroxyl groups excluding tert-OH is 1. The van der Waals surface area contributed by atoms with Crippen LogP contribution in [0, 0.1) is 11.8 Å². The third-order valence-corrected chi connectivity index (χ3v) is 4.00. The van der Waals surface area contributed by atoms with Gasteiger partial charge in [-0.2, -0.15) is 0 Å². The molecular formula is C15H23N3O2. The Morgan fingerprint density at radius 3 is 2.90 bits per heavy atom. The van der Waals surface area contributed by atoms with E-state index in [1.807, 2.05) is 6.07 Å². The van der Waals surface area contributed by atoms with Crippen molar-refractivity contribution in [1.82, 2.24) is 9.88 Å². The summed E-state index contributed by atoms with van der Waals surface area (Å²) in [6, 6.07) is 3.65. The number of pyridine rings is 1. The lowest BCUT2D eigenvalue weighted by Gasteiger charge is -2.18. The molecule has 1 aliphatic carbocycles. The van der Waals surface area contributed by atoms with Gasteiger partial charge in [-0.15, -0.1) is 0 Å². The SMILES string of the molecule is CN(C)C(=O)c1cc(NCC2CCCC2CO)ccn1. The number of rotatable bonds is 5. The first-order chi connectivity index (χ1) is 9.61. The fourth-order valence-corrected chi connectivity index (χ4v) is 2.76. The molecule has 20 heavy (non-hydrogen) atoms. The molecule has 0 spiro atoms. The number of hydrogen-bond donors (Lipinski definition) is 2. The van der Waals surface area contributed by atoms with Gasteiger partial charge in [0.15, 0.2) is 0 Å². The van der Waals surface area contributed by atoms with Crippen molar-refractivity contribution in [2.45, 2.75) is 19.3 Å². The molecule has 0 aliphatic heterocycles. The average molecular weight is 277 g/mol. The second-order valence-electron chi connectivity index (χ2n) is 5.64. The zero-order valence-corrected chi connectivity index (χ0v) is 12.2. The molecule has 5 heteroatoms. The van der Waals surface area contributed by atoms with Gasteiger partial charge >= 0.3 is 0 Å². The van der Waals surface area contributed by atoms with Crippen LogP contribution < -0.4 is 5.32 Å². The smallest absolute Gasteiger partial charge is 0.272 e. The fourth-order valence-electron chi connectivity index (χ4n) is 2.76. The number of nitrogens with zero attached hydrogens (tertiary/aromatic N) is 2. The molecule has 2 atom stereocenters. The van der Waals surface area contributed by atoms with Gasteiger partial charge in [0.05, 0.1) is 0 Å². The molecular weight excluding hydrogens is 254 g/mol. The lowest BCUT2D eigenvalue weighted by Crippen LogP contribution is -2.23. The second-order valence-corrected chi connectivity index (χ2v) is 5.64. The first-order valence-electron chi connectivity index (χ1n) is 7.14. The van der Waals surface area contributed by atoms with E-state index in [4.69, 9.17) is 0 Å². The summed E-state index contributed by atoms with van der Waals surface area (Å²) < 4.78 is 0. The summed E-state index contributed by atoms with van der Waals surface area (Å²) in [5.41, 5.74) is 1.36. The molecule has 1 saturated carbocycles. The summed E-state index contributed by atoms with van der Waals surface area (Å²) in [6.07, 6.45) is 5.12. The van der Waals surface area contributed by atoms with Gasteiger partial charge in [-0.1, -0.05) is 6.42 Å². The van der Waals surface area contributed by atoms with Gasteiger partial charge in [-0.25, -0.2) is 0 Å². The summed E-state index contributed by atoms with van der Waals surface area (Å²) in [7, 11) is 3.43. The van der Waals surface area contributed by atoms with E-state index < -0.39 is 0 Å². The van der Waals surface area contributed by atoms with Crippen LogP contribution in [0.4, 0.5) is 5.69 Å². The van der Waals surface area contributed by atoms with Gasteiger partial charge in [0.2, 0.25) is 0 Å². The van der Waals surface area contributed by atoms with Gasteiger partial charge in [-0.3, -0.25) is 9.78 Å². The monoisotopic (exact) mass is 277 g/mol. The van der Waals surface area contributed by atoms with Gasteiger partial charge in [0, 0.05) is 39.1 Å². The normalized spacial score (nSPS) is 21.8. The molecule has 2 unspecified atom stereocenters. The van der Waals surface area contributed by atoms with Gasteiger partial charge < -0.3 is 15.3 Å². The minimum atomic E-state index is -0.0947. The van der Waals surface area contributed by atoms with Crippen LogP contribution in [0.2, 0.25) is 0 Å². The average Bonchev–Trinajstić information content (AvgIpc) is 2.92. The van der Waals surface area contributed by atoms with Crippen molar-refractivity contribution in [2.75, 3.05) is 32.6 Å². The number of nitrogens with one attached hydrogen (secondary N) is 1. The van der Waals surface area contributed by atoms with Crippen molar-refractivity contribution in [2.24, 2.45) is 11.8 Å². The van der Waals surface area contributed by atoms with E-state index in [2.05, 4.69) is 10.3 Å². The van der Waals surface area contributed by atoms with Crippen LogP contribution in [-0.4, -0.2) is 48.1 Å². The third kappa shape index (κ3) is 3.48. The molecule has 5 nitrogen and oxygen atoms in total. The number of amides is 1. The Hall–Kier alpha value is -1.62. The van der Waals surface area contributed by atoms with Crippen LogP contribution in [0.1, 0.15) is 29.8 Å².